The normalized spacial score (nSPS) is 9.67. The van der Waals surface area contributed by atoms with Gasteiger partial charge in [0.25, 0.3) is 0 Å². The Morgan fingerprint density at radius 2 is 2.06 bits per heavy atom. The van der Waals surface area contributed by atoms with E-state index in [1.807, 2.05) is 6.92 Å². The molecule has 0 aromatic heterocycles. The number of carbonyl (C=O) groups excluding carboxylic acids is 2. The Bertz CT molecular complexity index is 414. The van der Waals surface area contributed by atoms with Crippen molar-refractivity contribution in [2.24, 2.45) is 0 Å². The summed E-state index contributed by atoms with van der Waals surface area (Å²) in [4.78, 5) is 21.6. The van der Waals surface area contributed by atoms with Crippen LogP contribution in [0.15, 0.2) is 18.2 Å². The standard InChI is InChI=1S/C13H16O5/c1-3-17-12-8-10(9-14)4-5-11(12)18-7-6-13(15)16-2/h4-5,8-9H,3,6-7H2,1-2H3. The Kier molecular flexibility index (Phi) is 5.70. The summed E-state index contributed by atoms with van der Waals surface area (Å²) in [5, 5.41) is 0. The predicted octanol–water partition coefficient (Wildman–Crippen LogP) is 1.84. The molecule has 0 spiro atoms. The van der Waals surface area contributed by atoms with Crippen molar-refractivity contribution >= 4 is 12.3 Å². The van der Waals surface area contributed by atoms with E-state index in [9.17, 15) is 9.59 Å². The fraction of sp³-hybridized carbons (Fsp3) is 0.385. The summed E-state index contributed by atoms with van der Waals surface area (Å²) in [5.41, 5.74) is 0.513. The third-order valence-corrected chi connectivity index (χ3v) is 2.20. The number of aldehydes is 1. The summed E-state index contributed by atoms with van der Waals surface area (Å²) < 4.78 is 15.3. The zero-order valence-electron chi connectivity index (χ0n) is 10.5. The lowest BCUT2D eigenvalue weighted by Gasteiger charge is -2.11. The van der Waals surface area contributed by atoms with E-state index in [2.05, 4.69) is 4.74 Å². The zero-order chi connectivity index (χ0) is 13.4. The van der Waals surface area contributed by atoms with Gasteiger partial charge < -0.3 is 14.2 Å². The van der Waals surface area contributed by atoms with Crippen molar-refractivity contribution in [3.8, 4) is 11.5 Å². The fourth-order valence-electron chi connectivity index (χ4n) is 1.33. The summed E-state index contributed by atoms with van der Waals surface area (Å²) >= 11 is 0. The van der Waals surface area contributed by atoms with Crippen molar-refractivity contribution in [1.82, 2.24) is 0 Å². The number of rotatable bonds is 7. The first-order valence-corrected chi connectivity index (χ1v) is 5.63. The highest BCUT2D eigenvalue weighted by Gasteiger charge is 2.07. The van der Waals surface area contributed by atoms with Crippen LogP contribution in [-0.2, 0) is 9.53 Å². The monoisotopic (exact) mass is 252 g/mol. The molecule has 1 aromatic carbocycles. The first kappa shape index (κ1) is 14.0. The number of esters is 1. The van der Waals surface area contributed by atoms with E-state index in [1.165, 1.54) is 7.11 Å². The van der Waals surface area contributed by atoms with Gasteiger partial charge in [-0.2, -0.15) is 0 Å². The Morgan fingerprint density at radius 3 is 2.67 bits per heavy atom. The van der Waals surface area contributed by atoms with Gasteiger partial charge in [0.05, 0.1) is 26.7 Å². The first-order valence-electron chi connectivity index (χ1n) is 5.63. The van der Waals surface area contributed by atoms with Crippen LogP contribution in [0.2, 0.25) is 0 Å². The topological polar surface area (TPSA) is 61.8 Å². The van der Waals surface area contributed by atoms with Crippen LogP contribution in [-0.4, -0.2) is 32.6 Å². The van der Waals surface area contributed by atoms with Crippen LogP contribution in [0.25, 0.3) is 0 Å². The molecule has 0 fully saturated rings. The van der Waals surface area contributed by atoms with Gasteiger partial charge >= 0.3 is 5.97 Å². The third kappa shape index (κ3) is 4.08. The van der Waals surface area contributed by atoms with Crippen molar-refractivity contribution in [2.75, 3.05) is 20.3 Å². The number of hydrogen-bond acceptors (Lipinski definition) is 5. The van der Waals surface area contributed by atoms with Gasteiger partial charge in [0.15, 0.2) is 11.5 Å². The number of ether oxygens (including phenoxy) is 3. The molecule has 5 heteroatoms. The van der Waals surface area contributed by atoms with Crippen molar-refractivity contribution in [1.29, 1.82) is 0 Å². The van der Waals surface area contributed by atoms with Crippen LogP contribution < -0.4 is 9.47 Å². The Morgan fingerprint density at radius 1 is 1.28 bits per heavy atom. The fourth-order valence-corrected chi connectivity index (χ4v) is 1.33. The molecule has 0 aliphatic heterocycles. The maximum Gasteiger partial charge on any atom is 0.308 e. The van der Waals surface area contributed by atoms with Gasteiger partial charge in [0.1, 0.15) is 6.29 Å². The smallest absolute Gasteiger partial charge is 0.308 e. The quantitative estimate of drug-likeness (QED) is 0.547. The summed E-state index contributed by atoms with van der Waals surface area (Å²) in [5.74, 6) is 0.663. The molecule has 5 nitrogen and oxygen atoms in total. The van der Waals surface area contributed by atoms with E-state index >= 15 is 0 Å². The molecule has 0 N–H and O–H groups in total. The minimum absolute atomic E-state index is 0.164. The van der Waals surface area contributed by atoms with Crippen molar-refractivity contribution < 1.29 is 23.8 Å². The SMILES string of the molecule is CCOc1cc(C=O)ccc1OCCC(=O)OC. The van der Waals surface area contributed by atoms with E-state index in [1.54, 1.807) is 18.2 Å². The van der Waals surface area contributed by atoms with Gasteiger partial charge in [0.2, 0.25) is 0 Å². The highest BCUT2D eigenvalue weighted by molar-refractivity contribution is 5.76. The average Bonchev–Trinajstić information content (AvgIpc) is 2.40. The van der Waals surface area contributed by atoms with Crippen LogP contribution in [0, 0.1) is 0 Å². The maximum atomic E-state index is 10.9. The van der Waals surface area contributed by atoms with Crippen molar-refractivity contribution in [3.63, 3.8) is 0 Å². The molecule has 0 heterocycles. The van der Waals surface area contributed by atoms with Crippen LogP contribution >= 0.6 is 0 Å². The lowest BCUT2D eigenvalue weighted by atomic mass is 10.2. The molecule has 0 aliphatic carbocycles. The first-order chi connectivity index (χ1) is 8.71. The lowest BCUT2D eigenvalue weighted by Crippen LogP contribution is -2.08. The Labute approximate surface area is 106 Å². The van der Waals surface area contributed by atoms with Crippen LogP contribution in [0.1, 0.15) is 23.7 Å². The Hall–Kier alpha value is -2.04. The minimum atomic E-state index is -0.336. The average molecular weight is 252 g/mol. The number of hydrogen-bond donors (Lipinski definition) is 0. The summed E-state index contributed by atoms with van der Waals surface area (Å²) in [7, 11) is 1.33. The van der Waals surface area contributed by atoms with Gasteiger partial charge in [-0.25, -0.2) is 0 Å². The molecule has 0 radical (unpaired) electrons. The second-order valence-corrected chi connectivity index (χ2v) is 3.43. The van der Waals surface area contributed by atoms with Gasteiger partial charge in [-0.3, -0.25) is 9.59 Å². The molecule has 1 rings (SSSR count). The molecule has 0 aliphatic rings. The van der Waals surface area contributed by atoms with Gasteiger partial charge in [-0.15, -0.1) is 0 Å². The molecule has 18 heavy (non-hydrogen) atoms. The summed E-state index contributed by atoms with van der Waals surface area (Å²) in [6, 6.07) is 4.87. The molecule has 0 atom stereocenters. The second-order valence-electron chi connectivity index (χ2n) is 3.43. The molecular weight excluding hydrogens is 236 g/mol. The van der Waals surface area contributed by atoms with Gasteiger partial charge in [0, 0.05) is 5.56 Å². The molecule has 0 saturated heterocycles. The molecule has 1 aromatic rings. The molecule has 0 amide bonds. The van der Waals surface area contributed by atoms with Crippen molar-refractivity contribution in [2.45, 2.75) is 13.3 Å². The molecule has 98 valence electrons. The molecular formula is C13H16O5. The minimum Gasteiger partial charge on any atom is -0.490 e. The predicted molar refractivity (Wildman–Crippen MR) is 65.1 cm³/mol. The largest absolute Gasteiger partial charge is 0.490 e. The highest BCUT2D eigenvalue weighted by Crippen LogP contribution is 2.28. The summed E-state index contributed by atoms with van der Waals surface area (Å²) in [6.45, 7) is 2.51. The molecule has 0 unspecified atom stereocenters. The van der Waals surface area contributed by atoms with Gasteiger partial charge in [-0.05, 0) is 25.1 Å². The van der Waals surface area contributed by atoms with Crippen LogP contribution in [0.3, 0.4) is 0 Å². The van der Waals surface area contributed by atoms with Crippen LogP contribution in [0.4, 0.5) is 0 Å². The van der Waals surface area contributed by atoms with E-state index in [0.717, 1.165) is 6.29 Å². The zero-order valence-corrected chi connectivity index (χ0v) is 10.5. The third-order valence-electron chi connectivity index (χ3n) is 2.20. The maximum absolute atomic E-state index is 10.9. The van der Waals surface area contributed by atoms with Crippen molar-refractivity contribution in [3.05, 3.63) is 23.8 Å². The second kappa shape index (κ2) is 7.32. The van der Waals surface area contributed by atoms with E-state index in [0.29, 0.717) is 23.7 Å². The molecule has 0 bridgehead atoms. The Balaban J connectivity index is 2.68. The lowest BCUT2D eigenvalue weighted by molar-refractivity contribution is -0.141. The van der Waals surface area contributed by atoms with Gasteiger partial charge in [-0.1, -0.05) is 0 Å². The van der Waals surface area contributed by atoms with Crippen LogP contribution in [0.5, 0.6) is 11.5 Å². The van der Waals surface area contributed by atoms with E-state index in [-0.39, 0.29) is 19.0 Å². The summed E-state index contributed by atoms with van der Waals surface area (Å²) in [6.07, 6.45) is 0.901. The number of carbonyl (C=O) groups is 2. The van der Waals surface area contributed by atoms with E-state index < -0.39 is 0 Å². The van der Waals surface area contributed by atoms with E-state index in [4.69, 9.17) is 9.47 Å². The number of methoxy groups -OCH3 is 1. The molecule has 0 saturated carbocycles. The number of benzene rings is 1. The highest BCUT2D eigenvalue weighted by atomic mass is 16.5.